The van der Waals surface area contributed by atoms with Gasteiger partial charge < -0.3 is 5.32 Å². The van der Waals surface area contributed by atoms with Gasteiger partial charge >= 0.3 is 0 Å². The van der Waals surface area contributed by atoms with Crippen LogP contribution in [0.3, 0.4) is 0 Å². The van der Waals surface area contributed by atoms with Crippen molar-refractivity contribution < 1.29 is 13.2 Å². The SMILES string of the molecule is CNC(=O)c1ccc(S(=O)(=O)NC(C)C)cc1. The minimum atomic E-state index is -3.49. The van der Waals surface area contributed by atoms with E-state index in [1.165, 1.54) is 31.3 Å². The fourth-order valence-electron chi connectivity index (χ4n) is 1.31. The van der Waals surface area contributed by atoms with Gasteiger partial charge in [-0.05, 0) is 38.1 Å². The third kappa shape index (κ3) is 3.54. The molecule has 0 saturated carbocycles. The van der Waals surface area contributed by atoms with Crippen LogP contribution < -0.4 is 10.0 Å². The molecule has 1 rings (SSSR count). The Morgan fingerprint density at radius 1 is 1.18 bits per heavy atom. The second-order valence-corrected chi connectivity index (χ2v) is 5.59. The van der Waals surface area contributed by atoms with Crippen LogP contribution in [0.15, 0.2) is 29.2 Å². The van der Waals surface area contributed by atoms with E-state index in [9.17, 15) is 13.2 Å². The van der Waals surface area contributed by atoms with Crippen molar-refractivity contribution >= 4 is 15.9 Å². The summed E-state index contributed by atoms with van der Waals surface area (Å²) in [7, 11) is -1.97. The molecule has 94 valence electrons. The van der Waals surface area contributed by atoms with E-state index in [-0.39, 0.29) is 16.8 Å². The third-order valence-corrected chi connectivity index (χ3v) is 3.72. The Balaban J connectivity index is 2.99. The highest BCUT2D eigenvalue weighted by atomic mass is 32.2. The number of nitrogens with one attached hydrogen (secondary N) is 2. The van der Waals surface area contributed by atoms with Gasteiger partial charge in [-0.3, -0.25) is 4.79 Å². The molecule has 0 fully saturated rings. The van der Waals surface area contributed by atoms with Crippen LogP contribution in [0.5, 0.6) is 0 Å². The molecular weight excluding hydrogens is 240 g/mol. The molecule has 0 aliphatic carbocycles. The average Bonchev–Trinajstić information content (AvgIpc) is 2.26. The molecule has 0 aliphatic rings. The lowest BCUT2D eigenvalue weighted by molar-refractivity contribution is 0.0963. The summed E-state index contributed by atoms with van der Waals surface area (Å²) < 4.78 is 26.0. The fourth-order valence-corrected chi connectivity index (χ4v) is 2.56. The highest BCUT2D eigenvalue weighted by Crippen LogP contribution is 2.11. The quantitative estimate of drug-likeness (QED) is 0.834. The Kier molecular flexibility index (Phi) is 4.25. The molecule has 0 aromatic heterocycles. The van der Waals surface area contributed by atoms with E-state index >= 15 is 0 Å². The van der Waals surface area contributed by atoms with Gasteiger partial charge in [-0.15, -0.1) is 0 Å². The Morgan fingerprint density at radius 3 is 2.12 bits per heavy atom. The number of rotatable bonds is 4. The molecule has 6 heteroatoms. The van der Waals surface area contributed by atoms with Gasteiger partial charge in [0.2, 0.25) is 10.0 Å². The molecule has 17 heavy (non-hydrogen) atoms. The predicted octanol–water partition coefficient (Wildman–Crippen LogP) is 0.733. The summed E-state index contributed by atoms with van der Waals surface area (Å²) in [5, 5.41) is 2.47. The highest BCUT2D eigenvalue weighted by Gasteiger charge is 2.15. The van der Waals surface area contributed by atoms with Gasteiger partial charge in [0.15, 0.2) is 0 Å². The number of hydrogen-bond acceptors (Lipinski definition) is 3. The van der Waals surface area contributed by atoms with E-state index in [0.717, 1.165) is 0 Å². The van der Waals surface area contributed by atoms with Crippen molar-refractivity contribution in [3.63, 3.8) is 0 Å². The van der Waals surface area contributed by atoms with Crippen LogP contribution >= 0.6 is 0 Å². The van der Waals surface area contributed by atoms with E-state index in [2.05, 4.69) is 10.0 Å². The average molecular weight is 256 g/mol. The van der Waals surface area contributed by atoms with Crippen LogP contribution in [0.1, 0.15) is 24.2 Å². The van der Waals surface area contributed by atoms with Crippen LogP contribution in [-0.4, -0.2) is 27.4 Å². The van der Waals surface area contributed by atoms with Crippen molar-refractivity contribution in [1.29, 1.82) is 0 Å². The second kappa shape index (κ2) is 5.29. The Morgan fingerprint density at radius 2 is 1.71 bits per heavy atom. The van der Waals surface area contributed by atoms with Crippen LogP contribution in [0.4, 0.5) is 0 Å². The van der Waals surface area contributed by atoms with E-state index < -0.39 is 10.0 Å². The molecule has 0 spiro atoms. The molecule has 0 heterocycles. The zero-order valence-electron chi connectivity index (χ0n) is 10.0. The van der Waals surface area contributed by atoms with Crippen molar-refractivity contribution in [3.8, 4) is 0 Å². The zero-order chi connectivity index (χ0) is 13.1. The first kappa shape index (κ1) is 13.7. The molecule has 0 atom stereocenters. The van der Waals surface area contributed by atoms with Gasteiger partial charge in [0.1, 0.15) is 0 Å². The normalized spacial score (nSPS) is 11.5. The van der Waals surface area contributed by atoms with Crippen LogP contribution in [0.25, 0.3) is 0 Å². The Bertz CT molecular complexity index is 492. The highest BCUT2D eigenvalue weighted by molar-refractivity contribution is 7.89. The first-order valence-corrected chi connectivity index (χ1v) is 6.69. The molecule has 5 nitrogen and oxygen atoms in total. The van der Waals surface area contributed by atoms with Gasteiger partial charge in [-0.25, -0.2) is 13.1 Å². The summed E-state index contributed by atoms with van der Waals surface area (Å²) in [6.45, 7) is 3.49. The minimum absolute atomic E-state index is 0.152. The topological polar surface area (TPSA) is 75.3 Å². The number of hydrogen-bond donors (Lipinski definition) is 2. The zero-order valence-corrected chi connectivity index (χ0v) is 10.8. The lowest BCUT2D eigenvalue weighted by Gasteiger charge is -2.09. The van der Waals surface area contributed by atoms with Gasteiger partial charge in [0.05, 0.1) is 4.90 Å². The largest absolute Gasteiger partial charge is 0.355 e. The van der Waals surface area contributed by atoms with Crippen molar-refractivity contribution in [3.05, 3.63) is 29.8 Å². The molecule has 0 aliphatic heterocycles. The molecule has 0 unspecified atom stereocenters. The summed E-state index contributed by atoms with van der Waals surface area (Å²) in [6.07, 6.45) is 0. The number of sulfonamides is 1. The molecular formula is C11H16N2O3S. The van der Waals surface area contributed by atoms with Gasteiger partial charge in [-0.1, -0.05) is 0 Å². The Labute approximate surface area is 101 Å². The van der Waals surface area contributed by atoms with Crippen molar-refractivity contribution in [2.75, 3.05) is 7.05 Å². The molecule has 1 aromatic rings. The van der Waals surface area contributed by atoms with Gasteiger partial charge in [-0.2, -0.15) is 0 Å². The first-order chi connectivity index (χ1) is 7.86. The molecule has 0 saturated heterocycles. The summed E-state index contributed by atoms with van der Waals surface area (Å²) in [5.41, 5.74) is 0.427. The first-order valence-electron chi connectivity index (χ1n) is 5.21. The fraction of sp³-hybridized carbons (Fsp3) is 0.364. The number of benzene rings is 1. The second-order valence-electron chi connectivity index (χ2n) is 3.88. The number of carbonyl (C=O) groups excluding carboxylic acids is 1. The smallest absolute Gasteiger partial charge is 0.251 e. The lowest BCUT2D eigenvalue weighted by Crippen LogP contribution is -2.30. The van der Waals surface area contributed by atoms with Crippen LogP contribution in [-0.2, 0) is 10.0 Å². The molecule has 1 aromatic carbocycles. The molecule has 1 amide bonds. The van der Waals surface area contributed by atoms with Gasteiger partial charge in [0.25, 0.3) is 5.91 Å². The van der Waals surface area contributed by atoms with Gasteiger partial charge in [0, 0.05) is 18.7 Å². The van der Waals surface area contributed by atoms with E-state index in [0.29, 0.717) is 5.56 Å². The van der Waals surface area contributed by atoms with Crippen molar-refractivity contribution in [2.45, 2.75) is 24.8 Å². The minimum Gasteiger partial charge on any atom is -0.355 e. The van der Waals surface area contributed by atoms with Crippen molar-refractivity contribution in [2.24, 2.45) is 0 Å². The molecule has 0 bridgehead atoms. The lowest BCUT2D eigenvalue weighted by atomic mass is 10.2. The van der Waals surface area contributed by atoms with E-state index in [1.54, 1.807) is 13.8 Å². The number of carbonyl (C=O) groups is 1. The standard InChI is InChI=1S/C11H16N2O3S/c1-8(2)13-17(15,16)10-6-4-9(5-7-10)11(14)12-3/h4-8,13H,1-3H3,(H,12,14). The van der Waals surface area contributed by atoms with Crippen LogP contribution in [0, 0.1) is 0 Å². The molecule has 0 radical (unpaired) electrons. The van der Waals surface area contributed by atoms with Crippen LogP contribution in [0.2, 0.25) is 0 Å². The maximum Gasteiger partial charge on any atom is 0.251 e. The monoisotopic (exact) mass is 256 g/mol. The maximum atomic E-state index is 11.8. The summed E-state index contributed by atoms with van der Waals surface area (Å²) in [5.74, 6) is -0.245. The summed E-state index contributed by atoms with van der Waals surface area (Å²) >= 11 is 0. The van der Waals surface area contributed by atoms with E-state index in [1.807, 2.05) is 0 Å². The Hall–Kier alpha value is -1.40. The summed E-state index contributed by atoms with van der Waals surface area (Å²) in [6, 6.07) is 5.62. The van der Waals surface area contributed by atoms with Crippen molar-refractivity contribution in [1.82, 2.24) is 10.0 Å². The predicted molar refractivity (Wildman–Crippen MR) is 65.3 cm³/mol. The summed E-state index contributed by atoms with van der Waals surface area (Å²) in [4.78, 5) is 11.4. The number of amides is 1. The maximum absolute atomic E-state index is 11.8. The molecule has 2 N–H and O–H groups in total. The van der Waals surface area contributed by atoms with E-state index in [4.69, 9.17) is 0 Å². The third-order valence-electron chi connectivity index (χ3n) is 2.04.